The molecule has 2 aromatic carbocycles. The van der Waals surface area contributed by atoms with Crippen molar-refractivity contribution in [1.82, 2.24) is 15.0 Å². The van der Waals surface area contributed by atoms with Crippen molar-refractivity contribution in [1.29, 1.82) is 0 Å². The summed E-state index contributed by atoms with van der Waals surface area (Å²) in [5.74, 6) is 1.84. The number of aromatic amines is 1. The van der Waals surface area contributed by atoms with Gasteiger partial charge in [0.25, 0.3) is 0 Å². The lowest BCUT2D eigenvalue weighted by atomic mass is 10.2. The Morgan fingerprint density at radius 1 is 1.07 bits per heavy atom. The third-order valence-corrected chi connectivity index (χ3v) is 5.64. The van der Waals surface area contributed by atoms with E-state index in [1.807, 2.05) is 12.1 Å². The van der Waals surface area contributed by atoms with Crippen LogP contribution < -0.4 is 14.5 Å². The maximum absolute atomic E-state index is 5.36. The maximum atomic E-state index is 5.36. The number of H-pyrrole nitrogens is 1. The van der Waals surface area contributed by atoms with E-state index in [2.05, 4.69) is 56.3 Å². The highest BCUT2D eigenvalue weighted by atomic mass is 16.5. The van der Waals surface area contributed by atoms with Crippen LogP contribution in [0.5, 0.6) is 5.75 Å². The highest BCUT2D eigenvalue weighted by Gasteiger charge is 2.23. The van der Waals surface area contributed by atoms with Gasteiger partial charge in [0.2, 0.25) is 0 Å². The number of ether oxygens (including phenoxy) is 1. The fourth-order valence-corrected chi connectivity index (χ4v) is 4.13. The molecule has 3 heterocycles. The zero-order valence-corrected chi connectivity index (χ0v) is 16.0. The van der Waals surface area contributed by atoms with Gasteiger partial charge >= 0.3 is 0 Å². The molecule has 0 amide bonds. The molecule has 4 aromatic rings. The van der Waals surface area contributed by atoms with Gasteiger partial charge in [0.05, 0.1) is 38.8 Å². The summed E-state index contributed by atoms with van der Waals surface area (Å²) < 4.78 is 5.36. The summed E-state index contributed by atoms with van der Waals surface area (Å²) in [4.78, 5) is 16.7. The molecule has 2 aromatic heterocycles. The van der Waals surface area contributed by atoms with Gasteiger partial charge in [0.15, 0.2) is 5.82 Å². The van der Waals surface area contributed by atoms with Gasteiger partial charge < -0.3 is 19.5 Å². The van der Waals surface area contributed by atoms with Crippen LogP contribution in [-0.4, -0.2) is 48.2 Å². The molecular weight excluding hydrogens is 350 g/mol. The first-order valence-electron chi connectivity index (χ1n) is 9.74. The number of anilines is 1. The van der Waals surface area contributed by atoms with Gasteiger partial charge in [0.1, 0.15) is 29.7 Å². The molecule has 0 radical (unpaired) electrons. The van der Waals surface area contributed by atoms with Crippen LogP contribution in [0.4, 0.5) is 5.82 Å². The van der Waals surface area contributed by atoms with E-state index < -0.39 is 0 Å². The minimum atomic E-state index is 0.840. The zero-order valence-electron chi connectivity index (χ0n) is 16.0. The fraction of sp³-hybridized carbons (Fsp3) is 0.273. The highest BCUT2D eigenvalue weighted by Crippen LogP contribution is 2.31. The molecule has 0 unspecified atom stereocenters. The SMILES string of the molecule is COc1ccc2c(c1)[nH]c1c(N3CC[NH+](Cc4ccccc4)CC3)ncnc12. The lowest BCUT2D eigenvalue weighted by molar-refractivity contribution is -0.914. The Bertz CT molecular complexity index is 1100. The van der Waals surface area contributed by atoms with Crippen molar-refractivity contribution < 1.29 is 9.64 Å². The summed E-state index contributed by atoms with van der Waals surface area (Å²) in [6.07, 6.45) is 1.68. The topological polar surface area (TPSA) is 58.5 Å². The number of methoxy groups -OCH3 is 1. The van der Waals surface area contributed by atoms with Gasteiger partial charge in [-0.25, -0.2) is 9.97 Å². The predicted molar refractivity (Wildman–Crippen MR) is 111 cm³/mol. The molecule has 0 spiro atoms. The second-order valence-corrected chi connectivity index (χ2v) is 7.36. The Kier molecular flexibility index (Phi) is 4.33. The molecule has 5 rings (SSSR count). The van der Waals surface area contributed by atoms with Crippen LogP contribution in [0.3, 0.4) is 0 Å². The van der Waals surface area contributed by atoms with E-state index in [1.165, 1.54) is 5.56 Å². The highest BCUT2D eigenvalue weighted by molar-refractivity contribution is 6.08. The van der Waals surface area contributed by atoms with Crippen molar-refractivity contribution in [3.63, 3.8) is 0 Å². The van der Waals surface area contributed by atoms with Crippen molar-refractivity contribution in [2.24, 2.45) is 0 Å². The monoisotopic (exact) mass is 374 g/mol. The van der Waals surface area contributed by atoms with Crippen molar-refractivity contribution >= 4 is 27.8 Å². The lowest BCUT2D eigenvalue weighted by Crippen LogP contribution is -3.13. The Balaban J connectivity index is 1.39. The van der Waals surface area contributed by atoms with Crippen LogP contribution in [-0.2, 0) is 6.54 Å². The third-order valence-electron chi connectivity index (χ3n) is 5.64. The van der Waals surface area contributed by atoms with Crippen LogP contribution in [0.1, 0.15) is 5.56 Å². The minimum absolute atomic E-state index is 0.840. The summed E-state index contributed by atoms with van der Waals surface area (Å²) in [7, 11) is 1.69. The normalized spacial score (nSPS) is 15.4. The van der Waals surface area contributed by atoms with E-state index in [0.717, 1.165) is 66.2 Å². The van der Waals surface area contributed by atoms with Gasteiger partial charge in [-0.05, 0) is 12.1 Å². The lowest BCUT2D eigenvalue weighted by Gasteiger charge is -2.33. The van der Waals surface area contributed by atoms with Gasteiger partial charge in [-0.1, -0.05) is 30.3 Å². The molecular formula is C22H24N5O+. The quantitative estimate of drug-likeness (QED) is 0.574. The van der Waals surface area contributed by atoms with Crippen LogP contribution in [0.25, 0.3) is 21.9 Å². The molecule has 0 aliphatic carbocycles. The number of rotatable bonds is 4. The van der Waals surface area contributed by atoms with Gasteiger partial charge in [0, 0.05) is 17.0 Å². The molecule has 0 atom stereocenters. The molecule has 1 saturated heterocycles. The maximum Gasteiger partial charge on any atom is 0.156 e. The van der Waals surface area contributed by atoms with Gasteiger partial charge in [-0.2, -0.15) is 0 Å². The van der Waals surface area contributed by atoms with Crippen LogP contribution >= 0.6 is 0 Å². The molecule has 0 bridgehead atoms. The number of piperazine rings is 1. The summed E-state index contributed by atoms with van der Waals surface area (Å²) in [6.45, 7) is 5.28. The van der Waals surface area contributed by atoms with E-state index in [-0.39, 0.29) is 0 Å². The summed E-state index contributed by atoms with van der Waals surface area (Å²) in [5, 5.41) is 1.10. The number of hydrogen-bond acceptors (Lipinski definition) is 4. The van der Waals surface area contributed by atoms with E-state index in [9.17, 15) is 0 Å². The van der Waals surface area contributed by atoms with Crippen molar-refractivity contribution in [2.75, 3.05) is 38.2 Å². The molecule has 2 N–H and O–H groups in total. The van der Waals surface area contributed by atoms with Gasteiger partial charge in [-0.15, -0.1) is 0 Å². The second kappa shape index (κ2) is 7.13. The minimum Gasteiger partial charge on any atom is -0.497 e. The van der Waals surface area contributed by atoms with Crippen molar-refractivity contribution in [2.45, 2.75) is 6.54 Å². The summed E-state index contributed by atoms with van der Waals surface area (Å²) in [5.41, 5.74) is 4.42. The molecule has 1 aliphatic rings. The number of nitrogens with one attached hydrogen (secondary N) is 2. The zero-order chi connectivity index (χ0) is 18.9. The standard InChI is InChI=1S/C22H23N5O/c1-28-17-7-8-18-19(13-17)25-21-20(18)23-15-24-22(21)27-11-9-26(10-12-27)14-16-5-3-2-4-6-16/h2-8,13,15,25H,9-12,14H2,1H3/p+1. The smallest absolute Gasteiger partial charge is 0.156 e. The first kappa shape index (κ1) is 17.0. The summed E-state index contributed by atoms with van der Waals surface area (Å²) >= 11 is 0. The van der Waals surface area contributed by atoms with Crippen molar-refractivity contribution in [3.8, 4) is 5.75 Å². The predicted octanol–water partition coefficient (Wildman–Crippen LogP) is 2.02. The van der Waals surface area contributed by atoms with E-state index in [0.29, 0.717) is 0 Å². The Labute approximate surface area is 163 Å². The first-order valence-corrected chi connectivity index (χ1v) is 9.74. The average molecular weight is 374 g/mol. The molecule has 6 nitrogen and oxygen atoms in total. The summed E-state index contributed by atoms with van der Waals surface area (Å²) in [6, 6.07) is 16.8. The molecule has 142 valence electrons. The molecule has 6 heteroatoms. The second-order valence-electron chi connectivity index (χ2n) is 7.36. The first-order chi connectivity index (χ1) is 13.8. The Hall–Kier alpha value is -3.12. The Morgan fingerprint density at radius 3 is 2.68 bits per heavy atom. The Morgan fingerprint density at radius 2 is 1.89 bits per heavy atom. The van der Waals surface area contributed by atoms with E-state index in [1.54, 1.807) is 18.3 Å². The third kappa shape index (κ3) is 3.05. The molecule has 0 saturated carbocycles. The number of fused-ring (bicyclic) bond motifs is 3. The van der Waals surface area contributed by atoms with E-state index in [4.69, 9.17) is 4.74 Å². The van der Waals surface area contributed by atoms with Gasteiger partial charge in [-0.3, -0.25) is 0 Å². The van der Waals surface area contributed by atoms with Crippen molar-refractivity contribution in [3.05, 3.63) is 60.4 Å². The number of nitrogens with zero attached hydrogens (tertiary/aromatic N) is 3. The molecule has 28 heavy (non-hydrogen) atoms. The number of aromatic nitrogens is 3. The van der Waals surface area contributed by atoms with Crippen LogP contribution in [0, 0.1) is 0 Å². The average Bonchev–Trinajstić information content (AvgIpc) is 3.13. The molecule has 1 aliphatic heterocycles. The molecule has 1 fully saturated rings. The van der Waals surface area contributed by atoms with E-state index >= 15 is 0 Å². The number of hydrogen-bond donors (Lipinski definition) is 2. The van der Waals surface area contributed by atoms with Crippen LogP contribution in [0.2, 0.25) is 0 Å². The number of quaternary nitrogens is 1. The largest absolute Gasteiger partial charge is 0.497 e. The fourth-order valence-electron chi connectivity index (χ4n) is 4.13. The van der Waals surface area contributed by atoms with Crippen LogP contribution in [0.15, 0.2) is 54.9 Å². The number of benzene rings is 2.